The fourth-order valence-corrected chi connectivity index (χ4v) is 5.73. The molecule has 0 bridgehead atoms. The minimum Gasteiger partial charge on any atom is -0.497 e. The molecule has 220 valence electrons. The van der Waals surface area contributed by atoms with Crippen molar-refractivity contribution < 1.29 is 22.7 Å². The molecule has 3 rings (SSSR count). The smallest absolute Gasteiger partial charge is 0.244 e. The number of sulfonamides is 1. The van der Waals surface area contributed by atoms with Gasteiger partial charge < -0.3 is 15.0 Å². The Labute approximate surface area is 256 Å². The highest BCUT2D eigenvalue weighted by atomic mass is 35.5. The number of ether oxygens (including phenoxy) is 1. The van der Waals surface area contributed by atoms with Crippen molar-refractivity contribution in [2.75, 3.05) is 30.8 Å². The van der Waals surface area contributed by atoms with Crippen LogP contribution in [0, 0.1) is 0 Å². The van der Waals surface area contributed by atoms with Crippen molar-refractivity contribution >= 4 is 62.3 Å². The molecule has 0 aromatic heterocycles. The van der Waals surface area contributed by atoms with Crippen LogP contribution < -0.4 is 14.4 Å². The van der Waals surface area contributed by atoms with Gasteiger partial charge in [-0.3, -0.25) is 13.9 Å². The van der Waals surface area contributed by atoms with E-state index in [9.17, 15) is 18.0 Å². The zero-order valence-corrected chi connectivity index (χ0v) is 26.0. The first kappa shape index (κ1) is 32.5. The molecule has 3 aromatic carbocycles. The van der Waals surface area contributed by atoms with E-state index < -0.39 is 28.5 Å². The lowest BCUT2D eigenvalue weighted by molar-refractivity contribution is -0.140. The molecule has 0 aliphatic rings. The van der Waals surface area contributed by atoms with Gasteiger partial charge in [0, 0.05) is 19.5 Å². The molecule has 0 saturated carbocycles. The van der Waals surface area contributed by atoms with E-state index in [0.717, 1.165) is 16.1 Å². The molecule has 0 fully saturated rings. The van der Waals surface area contributed by atoms with Gasteiger partial charge in [0.1, 0.15) is 18.3 Å². The highest BCUT2D eigenvalue weighted by Gasteiger charge is 2.33. The Bertz CT molecular complexity index is 1470. The second-order valence-electron chi connectivity index (χ2n) is 9.36. The Kier molecular flexibility index (Phi) is 11.7. The van der Waals surface area contributed by atoms with Crippen molar-refractivity contribution in [1.82, 2.24) is 10.2 Å². The van der Waals surface area contributed by atoms with Crippen molar-refractivity contribution in [3.8, 4) is 5.75 Å². The highest BCUT2D eigenvalue weighted by Crippen LogP contribution is 2.35. The van der Waals surface area contributed by atoms with Crippen LogP contribution in [0.3, 0.4) is 0 Å². The molecular formula is C29H32Cl3N3O5S. The summed E-state index contributed by atoms with van der Waals surface area (Å²) < 4.78 is 32.1. The van der Waals surface area contributed by atoms with Crippen LogP contribution in [0.25, 0.3) is 0 Å². The number of halogens is 3. The third-order valence-electron chi connectivity index (χ3n) is 6.25. The molecule has 41 heavy (non-hydrogen) atoms. The first-order chi connectivity index (χ1) is 19.4. The van der Waals surface area contributed by atoms with Gasteiger partial charge >= 0.3 is 0 Å². The number of carbonyl (C=O) groups is 2. The lowest BCUT2D eigenvalue weighted by Gasteiger charge is -2.33. The van der Waals surface area contributed by atoms with E-state index >= 15 is 0 Å². The third-order valence-corrected chi connectivity index (χ3v) is 8.40. The Morgan fingerprint density at radius 3 is 2.22 bits per heavy atom. The molecule has 3 aromatic rings. The molecule has 0 unspecified atom stereocenters. The largest absolute Gasteiger partial charge is 0.497 e. The quantitative estimate of drug-likeness (QED) is 0.246. The average molecular weight is 641 g/mol. The van der Waals surface area contributed by atoms with Gasteiger partial charge in [0.05, 0.1) is 34.1 Å². The molecule has 0 heterocycles. The van der Waals surface area contributed by atoms with E-state index in [1.54, 1.807) is 24.3 Å². The average Bonchev–Trinajstić information content (AvgIpc) is 2.94. The van der Waals surface area contributed by atoms with Crippen LogP contribution in [-0.2, 0) is 32.6 Å². The molecule has 0 aliphatic heterocycles. The predicted molar refractivity (Wildman–Crippen MR) is 164 cm³/mol. The van der Waals surface area contributed by atoms with E-state index in [4.69, 9.17) is 39.5 Å². The third kappa shape index (κ3) is 9.00. The fraction of sp³-hybridized carbons (Fsp3) is 0.310. The van der Waals surface area contributed by atoms with Gasteiger partial charge in [0.15, 0.2) is 0 Å². The zero-order chi connectivity index (χ0) is 30.2. The zero-order valence-electron chi connectivity index (χ0n) is 22.9. The van der Waals surface area contributed by atoms with Crippen molar-refractivity contribution in [2.45, 2.75) is 32.4 Å². The molecule has 2 amide bonds. The summed E-state index contributed by atoms with van der Waals surface area (Å²) in [7, 11) is -2.49. The van der Waals surface area contributed by atoms with Gasteiger partial charge in [-0.2, -0.15) is 0 Å². The normalized spacial score (nSPS) is 12.0. The van der Waals surface area contributed by atoms with Crippen LogP contribution in [-0.4, -0.2) is 57.6 Å². The van der Waals surface area contributed by atoms with Gasteiger partial charge in [-0.05, 0) is 41.8 Å². The van der Waals surface area contributed by atoms with Gasteiger partial charge in [-0.15, -0.1) is 0 Å². The number of hydrogen-bond donors (Lipinski definition) is 1. The van der Waals surface area contributed by atoms with Crippen molar-refractivity contribution in [2.24, 2.45) is 0 Å². The molecule has 1 atom stereocenters. The second kappa shape index (κ2) is 14.8. The summed E-state index contributed by atoms with van der Waals surface area (Å²) in [6, 6.07) is 18.1. The summed E-state index contributed by atoms with van der Waals surface area (Å²) >= 11 is 18.6. The lowest BCUT2D eigenvalue weighted by Crippen LogP contribution is -2.53. The Morgan fingerprint density at radius 1 is 0.927 bits per heavy atom. The van der Waals surface area contributed by atoms with Crippen LogP contribution in [0.2, 0.25) is 15.1 Å². The molecule has 1 N–H and O–H groups in total. The number of anilines is 1. The number of hydrogen-bond acceptors (Lipinski definition) is 5. The molecule has 12 heteroatoms. The molecule has 0 spiro atoms. The van der Waals surface area contributed by atoms with Gasteiger partial charge in [0.25, 0.3) is 0 Å². The molecule has 0 aliphatic carbocycles. The van der Waals surface area contributed by atoms with Crippen molar-refractivity contribution in [3.63, 3.8) is 0 Å². The van der Waals surface area contributed by atoms with Crippen molar-refractivity contribution in [3.05, 3.63) is 92.9 Å². The monoisotopic (exact) mass is 639 g/mol. The summed E-state index contributed by atoms with van der Waals surface area (Å²) in [6.45, 7) is 1.73. The first-order valence-corrected chi connectivity index (χ1v) is 15.8. The Morgan fingerprint density at radius 2 is 1.59 bits per heavy atom. The topological polar surface area (TPSA) is 96.0 Å². The van der Waals surface area contributed by atoms with Gasteiger partial charge in [-0.1, -0.05) is 84.2 Å². The maximum absolute atomic E-state index is 14.1. The first-order valence-electron chi connectivity index (χ1n) is 12.8. The van der Waals surface area contributed by atoms with E-state index in [1.807, 2.05) is 37.3 Å². The van der Waals surface area contributed by atoms with Crippen LogP contribution in [0.5, 0.6) is 5.75 Å². The molecule has 0 radical (unpaired) electrons. The van der Waals surface area contributed by atoms with Crippen LogP contribution in [0.1, 0.15) is 24.5 Å². The minimum atomic E-state index is -4.02. The van der Waals surface area contributed by atoms with Crippen LogP contribution >= 0.6 is 34.8 Å². The molecular weight excluding hydrogens is 609 g/mol. The number of nitrogens with one attached hydrogen (secondary N) is 1. The molecule has 0 saturated heterocycles. The highest BCUT2D eigenvalue weighted by molar-refractivity contribution is 7.92. The number of nitrogens with zero attached hydrogens (tertiary/aromatic N) is 2. The lowest BCUT2D eigenvalue weighted by atomic mass is 10.0. The minimum absolute atomic E-state index is 0.00139. The summed E-state index contributed by atoms with van der Waals surface area (Å²) in [5.41, 5.74) is 1.52. The maximum Gasteiger partial charge on any atom is 0.244 e. The van der Waals surface area contributed by atoms with Gasteiger partial charge in [0.2, 0.25) is 21.8 Å². The van der Waals surface area contributed by atoms with Crippen LogP contribution in [0.4, 0.5) is 5.69 Å². The van der Waals surface area contributed by atoms with Gasteiger partial charge in [-0.25, -0.2) is 8.42 Å². The summed E-state index contributed by atoms with van der Waals surface area (Å²) in [5.74, 6) is -0.399. The number of methoxy groups -OCH3 is 1. The molecule has 8 nitrogen and oxygen atoms in total. The number of rotatable bonds is 13. The number of benzene rings is 3. The Balaban J connectivity index is 2.09. The Hall–Kier alpha value is -2.98. The number of amides is 2. The summed E-state index contributed by atoms with van der Waals surface area (Å²) in [4.78, 5) is 29.0. The van der Waals surface area contributed by atoms with E-state index in [2.05, 4.69) is 5.32 Å². The SMILES string of the molecule is CCCNC(=O)[C@@H](Cc1ccccc1)N(Cc1cccc(OC)c1)C(=O)CN(c1cc(Cl)c(Cl)cc1Cl)S(C)(=O)=O. The van der Waals surface area contributed by atoms with Crippen LogP contribution in [0.15, 0.2) is 66.7 Å². The predicted octanol–water partition coefficient (Wildman–Crippen LogP) is 5.59. The maximum atomic E-state index is 14.1. The fourth-order valence-electron chi connectivity index (χ4n) is 4.19. The van der Waals surface area contributed by atoms with E-state index in [1.165, 1.54) is 24.1 Å². The summed E-state index contributed by atoms with van der Waals surface area (Å²) in [6.07, 6.45) is 1.87. The van der Waals surface area contributed by atoms with Crippen molar-refractivity contribution in [1.29, 1.82) is 0 Å². The van der Waals surface area contributed by atoms with E-state index in [-0.39, 0.29) is 39.6 Å². The number of carbonyl (C=O) groups excluding carboxylic acids is 2. The standard InChI is InChI=1S/C29H32Cl3N3O5S/c1-4-13-33-29(37)27(15-20-9-6-5-7-10-20)34(18-21-11-8-12-22(14-21)40-2)28(36)19-35(41(3,38)39)26-17-24(31)23(30)16-25(26)32/h5-12,14,16-17,27H,4,13,15,18-19H2,1-3H3,(H,33,37)/t27-/m1/s1. The second-order valence-corrected chi connectivity index (χ2v) is 12.5. The van der Waals surface area contributed by atoms with E-state index in [0.29, 0.717) is 24.3 Å². The summed E-state index contributed by atoms with van der Waals surface area (Å²) in [5, 5.41) is 3.10.